The molecule has 0 fully saturated rings. The van der Waals surface area contributed by atoms with E-state index in [1.807, 2.05) is 73.7 Å². The Morgan fingerprint density at radius 3 is 2.05 bits per heavy atom. The summed E-state index contributed by atoms with van der Waals surface area (Å²) in [7, 11) is 1.86. The second-order valence-electron chi connectivity index (χ2n) is 3.97. The fraction of sp³-hybridized carbons (Fsp3) is 0.611. The number of amides is 1. The summed E-state index contributed by atoms with van der Waals surface area (Å²) < 4.78 is 0. The van der Waals surface area contributed by atoms with Crippen LogP contribution in [0.5, 0.6) is 0 Å². The number of para-hydroxylation sites is 1. The van der Waals surface area contributed by atoms with Crippen LogP contribution in [0.3, 0.4) is 0 Å². The molecule has 2 heteroatoms. The van der Waals surface area contributed by atoms with Gasteiger partial charge in [0, 0.05) is 18.7 Å². The number of carbonyl (C=O) groups is 1. The molecule has 0 saturated carbocycles. The molecule has 1 aromatic rings. The first-order chi connectivity index (χ1) is 9.70. The van der Waals surface area contributed by atoms with Crippen LogP contribution in [0, 0.1) is 5.92 Å². The molecular formula is C18H33NO. The van der Waals surface area contributed by atoms with Crippen LogP contribution in [-0.2, 0) is 11.2 Å². The first kappa shape index (κ1) is 21.0. The molecule has 0 aliphatic carbocycles. The van der Waals surface area contributed by atoms with Crippen molar-refractivity contribution in [2.45, 2.75) is 61.3 Å². The molecule has 1 unspecified atom stereocenters. The van der Waals surface area contributed by atoms with E-state index in [0.29, 0.717) is 0 Å². The van der Waals surface area contributed by atoms with Gasteiger partial charge in [0.1, 0.15) is 0 Å². The lowest BCUT2D eigenvalue weighted by Crippen LogP contribution is -2.30. The van der Waals surface area contributed by atoms with Gasteiger partial charge in [-0.05, 0) is 24.5 Å². The van der Waals surface area contributed by atoms with Gasteiger partial charge in [-0.2, -0.15) is 0 Å². The molecule has 0 bridgehead atoms. The molecule has 20 heavy (non-hydrogen) atoms. The summed E-state index contributed by atoms with van der Waals surface area (Å²) in [6.07, 6.45) is 1.97. The Bertz CT molecular complexity index is 360. The van der Waals surface area contributed by atoms with Crippen molar-refractivity contribution in [1.82, 2.24) is 0 Å². The fourth-order valence-corrected chi connectivity index (χ4v) is 1.99. The van der Waals surface area contributed by atoms with E-state index in [2.05, 4.69) is 6.07 Å². The van der Waals surface area contributed by atoms with Crippen molar-refractivity contribution in [3.05, 3.63) is 29.8 Å². The quantitative estimate of drug-likeness (QED) is 0.630. The number of fused-ring (bicyclic) bond motifs is 1. The lowest BCUT2D eigenvalue weighted by molar-refractivity contribution is -0.121. The predicted octanol–water partition coefficient (Wildman–Crippen LogP) is 5.31. The van der Waals surface area contributed by atoms with Gasteiger partial charge in [0.15, 0.2) is 0 Å². The molecule has 0 saturated heterocycles. The average Bonchev–Trinajstić information content (AvgIpc) is 2.66. The van der Waals surface area contributed by atoms with Gasteiger partial charge in [0.05, 0.1) is 0 Å². The Labute approximate surface area is 126 Å². The summed E-state index contributed by atoms with van der Waals surface area (Å²) in [4.78, 5) is 13.6. The largest absolute Gasteiger partial charge is 0.315 e. The predicted molar refractivity (Wildman–Crippen MR) is 91.4 cm³/mol. The molecule has 0 spiro atoms. The Kier molecular flexibility index (Phi) is 13.3. The summed E-state index contributed by atoms with van der Waals surface area (Å²) >= 11 is 0. The second kappa shape index (κ2) is 12.7. The third kappa shape index (κ3) is 5.77. The van der Waals surface area contributed by atoms with Crippen molar-refractivity contribution in [3.8, 4) is 0 Å². The Hall–Kier alpha value is -1.31. The molecule has 1 atom stereocenters. The van der Waals surface area contributed by atoms with E-state index in [1.54, 1.807) is 4.90 Å². The van der Waals surface area contributed by atoms with Crippen molar-refractivity contribution in [3.63, 3.8) is 0 Å². The third-order valence-electron chi connectivity index (χ3n) is 2.95. The Morgan fingerprint density at radius 1 is 1.00 bits per heavy atom. The van der Waals surface area contributed by atoms with Gasteiger partial charge < -0.3 is 4.90 Å². The third-order valence-corrected chi connectivity index (χ3v) is 2.95. The van der Waals surface area contributed by atoms with Crippen molar-refractivity contribution in [1.29, 1.82) is 0 Å². The highest BCUT2D eigenvalue weighted by Gasteiger charge is 2.23. The number of hydrogen-bond donors (Lipinski definition) is 0. The van der Waals surface area contributed by atoms with Crippen molar-refractivity contribution >= 4 is 11.6 Å². The molecule has 1 heterocycles. The summed E-state index contributed by atoms with van der Waals surface area (Å²) in [5.74, 6) is 0.377. The summed E-state index contributed by atoms with van der Waals surface area (Å²) in [5.41, 5.74) is 2.36. The normalized spacial score (nSPS) is 16.1. The lowest BCUT2D eigenvalue weighted by atomic mass is 10.0. The highest BCUT2D eigenvalue weighted by atomic mass is 16.2. The maximum Gasteiger partial charge on any atom is 0.229 e. The molecule has 116 valence electrons. The van der Waals surface area contributed by atoms with Gasteiger partial charge in [-0.25, -0.2) is 0 Å². The van der Waals surface area contributed by atoms with E-state index < -0.39 is 0 Å². The van der Waals surface area contributed by atoms with E-state index in [0.717, 1.165) is 18.5 Å². The van der Waals surface area contributed by atoms with Crippen LogP contribution < -0.4 is 4.90 Å². The van der Waals surface area contributed by atoms with E-state index >= 15 is 0 Å². The van der Waals surface area contributed by atoms with Gasteiger partial charge in [-0.15, -0.1) is 0 Å². The summed E-state index contributed by atoms with van der Waals surface area (Å²) in [6.45, 7) is 14.0. The van der Waals surface area contributed by atoms with Crippen LogP contribution in [0.4, 0.5) is 5.69 Å². The fourth-order valence-electron chi connectivity index (χ4n) is 1.99. The van der Waals surface area contributed by atoms with Gasteiger partial charge in [-0.3, -0.25) is 4.79 Å². The monoisotopic (exact) mass is 279 g/mol. The summed E-state index contributed by atoms with van der Waals surface area (Å²) in [6, 6.07) is 8.15. The highest BCUT2D eigenvalue weighted by molar-refractivity contribution is 5.95. The zero-order valence-electron chi connectivity index (χ0n) is 14.7. The molecule has 1 aromatic carbocycles. The number of nitrogens with zero attached hydrogens (tertiary/aromatic N) is 1. The molecule has 0 radical (unpaired) electrons. The Balaban J connectivity index is 0. The first-order valence-corrected chi connectivity index (χ1v) is 8.05. The topological polar surface area (TPSA) is 20.3 Å². The molecular weight excluding hydrogens is 246 g/mol. The zero-order valence-corrected chi connectivity index (χ0v) is 14.7. The van der Waals surface area contributed by atoms with Gasteiger partial charge in [0.2, 0.25) is 5.91 Å². The van der Waals surface area contributed by atoms with Crippen LogP contribution in [0.25, 0.3) is 0 Å². The molecule has 1 aliphatic rings. The van der Waals surface area contributed by atoms with E-state index in [1.165, 1.54) is 5.56 Å². The maximum absolute atomic E-state index is 11.8. The van der Waals surface area contributed by atoms with Crippen molar-refractivity contribution in [2.75, 3.05) is 11.9 Å². The van der Waals surface area contributed by atoms with E-state index in [9.17, 15) is 4.79 Å². The van der Waals surface area contributed by atoms with E-state index in [-0.39, 0.29) is 11.8 Å². The molecule has 2 rings (SSSR count). The lowest BCUT2D eigenvalue weighted by Gasteiger charge is -2.19. The van der Waals surface area contributed by atoms with Crippen LogP contribution >= 0.6 is 0 Å². The SMILES string of the molecule is CC.CC.CC.CC1CCc2ccccc2N(C)C1=O. The van der Waals surface area contributed by atoms with E-state index in [4.69, 9.17) is 0 Å². The van der Waals surface area contributed by atoms with Gasteiger partial charge in [-0.1, -0.05) is 66.7 Å². The number of aryl methyl sites for hydroxylation is 1. The highest BCUT2D eigenvalue weighted by Crippen LogP contribution is 2.27. The zero-order chi connectivity index (χ0) is 16.1. The molecule has 1 amide bonds. The van der Waals surface area contributed by atoms with Crippen LogP contribution in [0.2, 0.25) is 0 Å². The smallest absolute Gasteiger partial charge is 0.229 e. The van der Waals surface area contributed by atoms with Crippen LogP contribution in [0.1, 0.15) is 60.5 Å². The maximum atomic E-state index is 11.8. The Morgan fingerprint density at radius 2 is 1.50 bits per heavy atom. The minimum atomic E-state index is 0.146. The van der Waals surface area contributed by atoms with Crippen LogP contribution in [0.15, 0.2) is 24.3 Å². The van der Waals surface area contributed by atoms with Crippen molar-refractivity contribution < 1.29 is 4.79 Å². The standard InChI is InChI=1S/C12H15NO.3C2H6/c1-9-7-8-10-5-3-4-6-11(10)13(2)12(9)14;3*1-2/h3-6,9H,7-8H2,1-2H3;3*1-2H3. The average molecular weight is 279 g/mol. The first-order valence-electron chi connectivity index (χ1n) is 8.05. The minimum absolute atomic E-state index is 0.146. The minimum Gasteiger partial charge on any atom is -0.315 e. The molecule has 2 nitrogen and oxygen atoms in total. The van der Waals surface area contributed by atoms with Crippen LogP contribution in [-0.4, -0.2) is 13.0 Å². The molecule has 0 N–H and O–H groups in total. The number of anilines is 1. The number of rotatable bonds is 0. The second-order valence-corrected chi connectivity index (χ2v) is 3.97. The van der Waals surface area contributed by atoms with Gasteiger partial charge in [0.25, 0.3) is 0 Å². The summed E-state index contributed by atoms with van der Waals surface area (Å²) in [5, 5.41) is 0. The molecule has 0 aromatic heterocycles. The number of hydrogen-bond acceptors (Lipinski definition) is 1. The molecule has 1 aliphatic heterocycles. The number of benzene rings is 1. The van der Waals surface area contributed by atoms with Crippen molar-refractivity contribution in [2.24, 2.45) is 5.92 Å². The number of carbonyl (C=O) groups excluding carboxylic acids is 1. The van der Waals surface area contributed by atoms with Gasteiger partial charge >= 0.3 is 0 Å².